The Morgan fingerprint density at radius 2 is 1.63 bits per heavy atom. The molecule has 1 heterocycles. The highest BCUT2D eigenvalue weighted by molar-refractivity contribution is 6.22. The van der Waals surface area contributed by atoms with Gasteiger partial charge in [-0.3, -0.25) is 14.3 Å². The van der Waals surface area contributed by atoms with E-state index in [2.05, 4.69) is 5.10 Å². The van der Waals surface area contributed by atoms with Crippen LogP contribution in [0.25, 0.3) is 21.7 Å². The number of ketones is 2. The van der Waals surface area contributed by atoms with Crippen LogP contribution in [-0.4, -0.2) is 21.3 Å². The van der Waals surface area contributed by atoms with Crippen molar-refractivity contribution in [2.24, 2.45) is 13.0 Å². The Labute approximate surface area is 155 Å². The van der Waals surface area contributed by atoms with Crippen LogP contribution in [0.3, 0.4) is 0 Å². The number of rotatable bonds is 4. The molecule has 0 radical (unpaired) electrons. The van der Waals surface area contributed by atoms with Crippen LogP contribution in [-0.2, 0) is 7.05 Å². The summed E-state index contributed by atoms with van der Waals surface area (Å²) in [4.78, 5) is 25.7. The minimum absolute atomic E-state index is 0.147. The van der Waals surface area contributed by atoms with E-state index in [9.17, 15) is 14.9 Å². The lowest BCUT2D eigenvalue weighted by atomic mass is 9.92. The summed E-state index contributed by atoms with van der Waals surface area (Å²) in [6.07, 6.45) is 0. The molecule has 5 nitrogen and oxygen atoms in total. The topological polar surface area (TPSA) is 75.8 Å². The average Bonchev–Trinajstić information content (AvgIpc) is 3.06. The maximum absolute atomic E-state index is 13.0. The first-order valence-corrected chi connectivity index (χ1v) is 8.49. The van der Waals surface area contributed by atoms with Crippen molar-refractivity contribution in [3.63, 3.8) is 0 Å². The number of Topliss-reactive ketones (excluding diaryl/α,β-unsaturated/α-hetero) is 2. The monoisotopic (exact) mass is 353 g/mol. The Morgan fingerprint density at radius 3 is 2.37 bits per heavy atom. The quantitative estimate of drug-likeness (QED) is 0.411. The molecule has 4 rings (SSSR count). The highest BCUT2D eigenvalue weighted by Gasteiger charge is 2.31. The van der Waals surface area contributed by atoms with Gasteiger partial charge in [0.2, 0.25) is 5.78 Å². The zero-order valence-electron chi connectivity index (χ0n) is 14.6. The highest BCUT2D eigenvalue weighted by atomic mass is 16.2. The summed E-state index contributed by atoms with van der Waals surface area (Å²) in [7, 11) is 1.76. The van der Waals surface area contributed by atoms with Crippen LogP contribution < -0.4 is 0 Å². The van der Waals surface area contributed by atoms with E-state index in [0.29, 0.717) is 10.9 Å². The van der Waals surface area contributed by atoms with Crippen molar-refractivity contribution < 1.29 is 9.59 Å². The summed E-state index contributed by atoms with van der Waals surface area (Å²) in [5.74, 6) is -2.51. The molecule has 0 bridgehead atoms. The van der Waals surface area contributed by atoms with Crippen LogP contribution in [0.4, 0.5) is 0 Å². The molecular formula is C22H15N3O2. The fourth-order valence-corrected chi connectivity index (χ4v) is 3.37. The van der Waals surface area contributed by atoms with Gasteiger partial charge in [0.1, 0.15) is 5.69 Å². The first kappa shape index (κ1) is 16.7. The predicted molar refractivity (Wildman–Crippen MR) is 102 cm³/mol. The second kappa shape index (κ2) is 6.50. The van der Waals surface area contributed by atoms with E-state index in [1.807, 2.05) is 42.5 Å². The van der Waals surface area contributed by atoms with E-state index in [0.717, 1.165) is 16.3 Å². The summed E-state index contributed by atoms with van der Waals surface area (Å²) in [6.45, 7) is 0. The molecule has 1 unspecified atom stereocenters. The molecule has 0 N–H and O–H groups in total. The summed E-state index contributed by atoms with van der Waals surface area (Å²) in [6, 6.07) is 21.8. The predicted octanol–water partition coefficient (Wildman–Crippen LogP) is 3.93. The Kier molecular flexibility index (Phi) is 4.02. The highest BCUT2D eigenvalue weighted by Crippen LogP contribution is 2.28. The first-order valence-electron chi connectivity index (χ1n) is 8.49. The number of carbonyl (C=O) groups is 2. The maximum Gasteiger partial charge on any atom is 0.208 e. The van der Waals surface area contributed by atoms with Gasteiger partial charge in [-0.05, 0) is 11.5 Å². The van der Waals surface area contributed by atoms with Crippen molar-refractivity contribution in [3.05, 3.63) is 78.0 Å². The lowest BCUT2D eigenvalue weighted by molar-refractivity contribution is 0.0843. The molecule has 130 valence electrons. The average molecular weight is 353 g/mol. The van der Waals surface area contributed by atoms with Crippen molar-refractivity contribution >= 4 is 33.2 Å². The van der Waals surface area contributed by atoms with Gasteiger partial charge in [-0.25, -0.2) is 0 Å². The number of aromatic nitrogens is 2. The summed E-state index contributed by atoms with van der Waals surface area (Å²) < 4.78 is 1.63. The van der Waals surface area contributed by atoms with Crippen molar-refractivity contribution in [3.8, 4) is 6.07 Å². The molecule has 0 aliphatic heterocycles. The van der Waals surface area contributed by atoms with Gasteiger partial charge in [-0.15, -0.1) is 0 Å². The number of fused-ring (bicyclic) bond motifs is 3. The fourth-order valence-electron chi connectivity index (χ4n) is 3.37. The molecule has 0 amide bonds. The Hall–Kier alpha value is -3.78. The molecule has 0 spiro atoms. The smallest absolute Gasteiger partial charge is 0.208 e. The van der Waals surface area contributed by atoms with E-state index in [4.69, 9.17) is 0 Å². The second-order valence-corrected chi connectivity index (χ2v) is 6.31. The zero-order valence-corrected chi connectivity index (χ0v) is 14.6. The van der Waals surface area contributed by atoms with Crippen molar-refractivity contribution in [1.29, 1.82) is 5.26 Å². The Morgan fingerprint density at radius 1 is 0.926 bits per heavy atom. The summed E-state index contributed by atoms with van der Waals surface area (Å²) in [5.41, 5.74) is 1.29. The molecular weight excluding hydrogens is 338 g/mol. The van der Waals surface area contributed by atoms with Gasteiger partial charge in [0.15, 0.2) is 11.7 Å². The van der Waals surface area contributed by atoms with Gasteiger partial charge in [0, 0.05) is 23.4 Å². The second-order valence-electron chi connectivity index (χ2n) is 6.31. The fraction of sp³-hybridized carbons (Fsp3) is 0.0909. The van der Waals surface area contributed by atoms with E-state index in [-0.39, 0.29) is 5.69 Å². The molecule has 0 fully saturated rings. The summed E-state index contributed by atoms with van der Waals surface area (Å²) in [5, 5.41) is 16.5. The zero-order chi connectivity index (χ0) is 19.0. The van der Waals surface area contributed by atoms with E-state index in [1.54, 1.807) is 42.1 Å². The van der Waals surface area contributed by atoms with Crippen LogP contribution >= 0.6 is 0 Å². The largest absolute Gasteiger partial charge is 0.292 e. The third kappa shape index (κ3) is 2.68. The van der Waals surface area contributed by atoms with Gasteiger partial charge in [0.05, 0.1) is 11.6 Å². The van der Waals surface area contributed by atoms with Gasteiger partial charge in [-0.1, -0.05) is 60.7 Å². The minimum Gasteiger partial charge on any atom is -0.292 e. The Balaban J connectivity index is 1.84. The number of hydrogen-bond donors (Lipinski definition) is 0. The molecule has 5 heteroatoms. The molecule has 4 aromatic rings. The van der Waals surface area contributed by atoms with Crippen molar-refractivity contribution in [1.82, 2.24) is 9.78 Å². The standard InChI is InChI=1S/C22H15N3O2/c1-25-20-16-10-6-5-7-14(16)11-12-17(20)19(24-25)22(27)18(13-23)21(26)15-8-3-2-4-9-15/h2-12,18H,1H3. The Bertz CT molecular complexity index is 1230. The number of aryl methyl sites for hydroxylation is 1. The molecule has 27 heavy (non-hydrogen) atoms. The third-order valence-electron chi connectivity index (χ3n) is 4.67. The van der Waals surface area contributed by atoms with E-state index < -0.39 is 17.5 Å². The van der Waals surface area contributed by atoms with E-state index >= 15 is 0 Å². The number of hydrogen-bond acceptors (Lipinski definition) is 4. The van der Waals surface area contributed by atoms with Crippen molar-refractivity contribution in [2.45, 2.75) is 0 Å². The van der Waals surface area contributed by atoms with E-state index in [1.165, 1.54) is 0 Å². The van der Waals surface area contributed by atoms with Crippen LogP contribution in [0.1, 0.15) is 20.8 Å². The minimum atomic E-state index is -1.42. The molecule has 1 atom stereocenters. The number of carbonyl (C=O) groups excluding carboxylic acids is 2. The lowest BCUT2D eigenvalue weighted by Crippen LogP contribution is -2.23. The van der Waals surface area contributed by atoms with Crippen LogP contribution in [0.5, 0.6) is 0 Å². The number of benzene rings is 3. The SMILES string of the molecule is Cn1nc(C(=O)C(C#N)C(=O)c2ccccc2)c2ccc3ccccc3c21. The first-order chi connectivity index (χ1) is 13.1. The maximum atomic E-state index is 13.0. The molecule has 3 aromatic carbocycles. The van der Waals surface area contributed by atoms with Gasteiger partial charge in [-0.2, -0.15) is 10.4 Å². The molecule has 1 aromatic heterocycles. The normalized spacial score (nSPS) is 12.0. The van der Waals surface area contributed by atoms with Crippen LogP contribution in [0.2, 0.25) is 0 Å². The molecule has 0 aliphatic rings. The van der Waals surface area contributed by atoms with Crippen molar-refractivity contribution in [2.75, 3.05) is 0 Å². The molecule has 0 saturated heterocycles. The van der Waals surface area contributed by atoms with Gasteiger partial charge < -0.3 is 0 Å². The van der Waals surface area contributed by atoms with Crippen LogP contribution in [0, 0.1) is 17.2 Å². The number of nitriles is 1. The molecule has 0 saturated carbocycles. The lowest BCUT2D eigenvalue weighted by Gasteiger charge is -2.06. The third-order valence-corrected chi connectivity index (χ3v) is 4.67. The molecule has 0 aliphatic carbocycles. The van der Waals surface area contributed by atoms with Crippen LogP contribution in [0.15, 0.2) is 66.7 Å². The number of nitrogens with zero attached hydrogens (tertiary/aromatic N) is 3. The summed E-state index contributed by atoms with van der Waals surface area (Å²) >= 11 is 0. The van der Waals surface area contributed by atoms with Gasteiger partial charge >= 0.3 is 0 Å². The van der Waals surface area contributed by atoms with Gasteiger partial charge in [0.25, 0.3) is 0 Å².